The van der Waals surface area contributed by atoms with E-state index in [4.69, 9.17) is 9.72 Å². The molecule has 1 saturated heterocycles. The molecular weight excluding hydrogens is 418 g/mol. The zero-order valence-corrected chi connectivity index (χ0v) is 19.4. The van der Waals surface area contributed by atoms with E-state index in [0.717, 1.165) is 22.7 Å². The smallest absolute Gasteiger partial charge is 0.163 e. The van der Waals surface area contributed by atoms with Crippen molar-refractivity contribution in [1.82, 2.24) is 4.98 Å². The van der Waals surface area contributed by atoms with Crippen molar-refractivity contribution in [2.45, 2.75) is 45.3 Å². The highest BCUT2D eigenvalue weighted by molar-refractivity contribution is 7.09. The van der Waals surface area contributed by atoms with Crippen molar-refractivity contribution in [2.24, 2.45) is 5.92 Å². The lowest BCUT2D eigenvalue weighted by atomic mass is 9.88. The molecule has 0 bridgehead atoms. The molecule has 3 atom stereocenters. The molecule has 0 saturated carbocycles. The number of aryl methyl sites for hydroxylation is 2. The summed E-state index contributed by atoms with van der Waals surface area (Å²) in [5, 5.41) is 13.8. The van der Waals surface area contributed by atoms with Gasteiger partial charge in [0.15, 0.2) is 5.78 Å². The van der Waals surface area contributed by atoms with Gasteiger partial charge in [-0.3, -0.25) is 4.79 Å². The van der Waals surface area contributed by atoms with Gasteiger partial charge in [0, 0.05) is 36.0 Å². The summed E-state index contributed by atoms with van der Waals surface area (Å²) in [4.78, 5) is 17.8. The van der Waals surface area contributed by atoms with Gasteiger partial charge in [0.25, 0.3) is 0 Å². The van der Waals surface area contributed by atoms with Gasteiger partial charge in [0.2, 0.25) is 0 Å². The van der Waals surface area contributed by atoms with Crippen LogP contribution in [0.15, 0.2) is 60.5 Å². The molecule has 1 aliphatic rings. The fourth-order valence-electron chi connectivity index (χ4n) is 4.12. The van der Waals surface area contributed by atoms with Crippen LogP contribution in [0.4, 0.5) is 0 Å². The molecule has 0 amide bonds. The first-order valence-corrected chi connectivity index (χ1v) is 11.9. The number of ether oxygens (including phenoxy) is 1. The van der Waals surface area contributed by atoms with E-state index in [2.05, 4.69) is 44.7 Å². The maximum atomic E-state index is 13.1. The average Bonchev–Trinajstić information content (AvgIpc) is 3.46. The van der Waals surface area contributed by atoms with E-state index in [1.54, 1.807) is 11.3 Å². The zero-order chi connectivity index (χ0) is 22.7. The van der Waals surface area contributed by atoms with Gasteiger partial charge < -0.3 is 9.84 Å². The first-order chi connectivity index (χ1) is 15.4. The van der Waals surface area contributed by atoms with Crippen molar-refractivity contribution < 1.29 is 14.6 Å². The number of hydrogen-bond donors (Lipinski definition) is 1. The molecule has 32 heavy (non-hydrogen) atoms. The molecule has 5 heteroatoms. The van der Waals surface area contributed by atoms with Gasteiger partial charge in [0.1, 0.15) is 6.10 Å². The molecule has 2 heterocycles. The molecule has 3 unspecified atom stereocenters. The number of Topliss-reactive ketones (excluding diaryl/α,β-unsaturated/α-hetero) is 1. The molecule has 3 aromatic rings. The molecule has 1 aromatic heterocycles. The van der Waals surface area contributed by atoms with Crippen LogP contribution in [-0.2, 0) is 11.2 Å². The maximum Gasteiger partial charge on any atom is 0.163 e. The minimum absolute atomic E-state index is 0.0291. The third-order valence-electron chi connectivity index (χ3n) is 6.15. The van der Waals surface area contributed by atoms with Gasteiger partial charge in [-0.1, -0.05) is 67.6 Å². The Hall–Kier alpha value is -2.60. The quantitative estimate of drug-likeness (QED) is 0.448. The summed E-state index contributed by atoms with van der Waals surface area (Å²) in [5.74, 6) is 0.290. The molecule has 0 radical (unpaired) electrons. The van der Waals surface area contributed by atoms with Crippen molar-refractivity contribution >= 4 is 22.7 Å². The Balaban J connectivity index is 1.44. The number of rotatable bonds is 8. The third-order valence-corrected chi connectivity index (χ3v) is 7.06. The molecule has 2 aromatic carbocycles. The molecule has 0 spiro atoms. The number of aliphatic hydroxyl groups excluding tert-OH is 1. The van der Waals surface area contributed by atoms with Crippen LogP contribution in [0.1, 0.15) is 46.3 Å². The molecule has 166 valence electrons. The molecule has 4 rings (SSSR count). The van der Waals surface area contributed by atoms with Gasteiger partial charge in [-0.15, -0.1) is 11.3 Å². The Bertz CT molecular complexity index is 1100. The monoisotopic (exact) mass is 447 g/mol. The molecule has 4 nitrogen and oxygen atoms in total. The minimum atomic E-state index is -0.822. The Morgan fingerprint density at radius 2 is 1.94 bits per heavy atom. The lowest BCUT2D eigenvalue weighted by Gasteiger charge is -2.24. The fraction of sp³-hybridized carbons (Fsp3) is 0.333. The molecule has 1 N–H and O–H groups in total. The SMILES string of the molecule is C=C(c1ccccc1C(=O)CCc1nc(-c2ccc(C)cc2)cs1)C(O)C1OCCC1C. The Kier molecular flexibility index (Phi) is 6.99. The van der Waals surface area contributed by atoms with Crippen molar-refractivity contribution in [1.29, 1.82) is 0 Å². The standard InChI is InChI=1S/C27H29NO3S/c1-17-8-10-20(11-9-17)23-16-32-25(28-23)13-12-24(29)22-7-5-4-6-21(22)19(3)26(30)27-18(2)14-15-31-27/h4-11,16,18,26-27,30H,3,12-15H2,1-2H3. The number of ketones is 1. The van der Waals surface area contributed by atoms with E-state index in [9.17, 15) is 9.90 Å². The van der Waals surface area contributed by atoms with E-state index < -0.39 is 6.10 Å². The number of benzene rings is 2. The van der Waals surface area contributed by atoms with Gasteiger partial charge in [-0.2, -0.15) is 0 Å². The average molecular weight is 448 g/mol. The van der Waals surface area contributed by atoms with Gasteiger partial charge in [-0.05, 0) is 30.4 Å². The second-order valence-electron chi connectivity index (χ2n) is 8.53. The summed E-state index contributed by atoms with van der Waals surface area (Å²) < 4.78 is 5.72. The third kappa shape index (κ3) is 4.90. The normalized spacial score (nSPS) is 19.1. The maximum absolute atomic E-state index is 13.1. The minimum Gasteiger partial charge on any atom is -0.386 e. The van der Waals surface area contributed by atoms with Crippen LogP contribution < -0.4 is 0 Å². The van der Waals surface area contributed by atoms with Crippen LogP contribution in [0.3, 0.4) is 0 Å². The molecule has 1 fully saturated rings. The number of aromatic nitrogens is 1. The summed E-state index contributed by atoms with van der Waals surface area (Å²) in [6.07, 6.45) is 0.770. The molecule has 1 aliphatic heterocycles. The highest BCUT2D eigenvalue weighted by atomic mass is 32.1. The van der Waals surface area contributed by atoms with Crippen LogP contribution in [0.5, 0.6) is 0 Å². The number of carbonyl (C=O) groups excluding carboxylic acids is 1. The first kappa shape index (κ1) is 22.6. The zero-order valence-electron chi connectivity index (χ0n) is 18.6. The van der Waals surface area contributed by atoms with Crippen LogP contribution >= 0.6 is 11.3 Å². The number of nitrogens with zero attached hydrogens (tertiary/aromatic N) is 1. The largest absolute Gasteiger partial charge is 0.386 e. The summed E-state index contributed by atoms with van der Waals surface area (Å²) >= 11 is 1.58. The number of carbonyl (C=O) groups is 1. The predicted molar refractivity (Wildman–Crippen MR) is 130 cm³/mol. The first-order valence-electron chi connectivity index (χ1n) is 11.1. The van der Waals surface area contributed by atoms with Crippen LogP contribution in [0, 0.1) is 12.8 Å². The van der Waals surface area contributed by atoms with Crippen molar-refractivity contribution in [3.05, 3.63) is 82.2 Å². The fourth-order valence-corrected chi connectivity index (χ4v) is 4.93. The van der Waals surface area contributed by atoms with Gasteiger partial charge >= 0.3 is 0 Å². The van der Waals surface area contributed by atoms with Crippen molar-refractivity contribution in [3.8, 4) is 11.3 Å². The van der Waals surface area contributed by atoms with Crippen molar-refractivity contribution in [3.63, 3.8) is 0 Å². The molecule has 0 aliphatic carbocycles. The predicted octanol–water partition coefficient (Wildman–Crippen LogP) is 5.73. The highest BCUT2D eigenvalue weighted by Crippen LogP contribution is 2.31. The van der Waals surface area contributed by atoms with Crippen LogP contribution in [0.2, 0.25) is 0 Å². The summed E-state index contributed by atoms with van der Waals surface area (Å²) in [6.45, 7) is 8.90. The number of thiazole rings is 1. The highest BCUT2D eigenvalue weighted by Gasteiger charge is 2.33. The summed E-state index contributed by atoms with van der Waals surface area (Å²) in [7, 11) is 0. The summed E-state index contributed by atoms with van der Waals surface area (Å²) in [5.41, 5.74) is 5.09. The molecular formula is C27H29NO3S. The van der Waals surface area contributed by atoms with Crippen LogP contribution in [0.25, 0.3) is 16.8 Å². The Morgan fingerprint density at radius 3 is 2.62 bits per heavy atom. The lowest BCUT2D eigenvalue weighted by molar-refractivity contribution is 0.0119. The van der Waals surface area contributed by atoms with Gasteiger partial charge in [0.05, 0.1) is 16.8 Å². The Labute approximate surface area is 193 Å². The van der Waals surface area contributed by atoms with E-state index in [1.807, 2.05) is 29.6 Å². The summed E-state index contributed by atoms with van der Waals surface area (Å²) in [6, 6.07) is 15.7. The van der Waals surface area contributed by atoms with E-state index in [-0.39, 0.29) is 17.8 Å². The second-order valence-corrected chi connectivity index (χ2v) is 9.48. The second kappa shape index (κ2) is 9.90. The lowest BCUT2D eigenvalue weighted by Crippen LogP contribution is -2.31. The van der Waals surface area contributed by atoms with Crippen molar-refractivity contribution in [2.75, 3.05) is 6.61 Å². The Morgan fingerprint density at radius 1 is 1.22 bits per heavy atom. The number of aliphatic hydroxyl groups is 1. The van der Waals surface area contributed by atoms with Gasteiger partial charge in [-0.25, -0.2) is 4.98 Å². The van der Waals surface area contributed by atoms with E-state index >= 15 is 0 Å². The van der Waals surface area contributed by atoms with Crippen LogP contribution in [-0.4, -0.2) is 34.7 Å². The van der Waals surface area contributed by atoms with E-state index in [1.165, 1.54) is 5.56 Å². The van der Waals surface area contributed by atoms with E-state index in [0.29, 0.717) is 36.1 Å². The topological polar surface area (TPSA) is 59.4 Å². The number of hydrogen-bond acceptors (Lipinski definition) is 5.